The normalized spacial score (nSPS) is 15.1. The van der Waals surface area contributed by atoms with Gasteiger partial charge in [0.25, 0.3) is 0 Å². The van der Waals surface area contributed by atoms with E-state index in [1.807, 2.05) is 0 Å². The van der Waals surface area contributed by atoms with Crippen LogP contribution < -0.4 is 4.90 Å². The van der Waals surface area contributed by atoms with E-state index in [9.17, 15) is 0 Å². The van der Waals surface area contributed by atoms with E-state index in [0.29, 0.717) is 5.92 Å². The van der Waals surface area contributed by atoms with Gasteiger partial charge in [-0.1, -0.05) is 182 Å². The highest BCUT2D eigenvalue weighted by atomic mass is 16.3. The molecule has 284 valence electrons. The number of fused-ring (bicyclic) bond motifs is 9. The van der Waals surface area contributed by atoms with Gasteiger partial charge in [-0.15, -0.1) is 0 Å². The molecule has 10 aromatic rings. The van der Waals surface area contributed by atoms with Gasteiger partial charge in [0.15, 0.2) is 0 Å². The van der Waals surface area contributed by atoms with Gasteiger partial charge >= 0.3 is 0 Å². The average molecular weight is 768 g/mol. The van der Waals surface area contributed by atoms with Crippen LogP contribution in [0.25, 0.3) is 77.0 Å². The Bertz CT molecular complexity index is 3400. The molecule has 2 nitrogen and oxygen atoms in total. The summed E-state index contributed by atoms with van der Waals surface area (Å²) in [6, 6.07) is 66.9. The molecule has 0 fully saturated rings. The largest absolute Gasteiger partial charge is 0.455 e. The summed E-state index contributed by atoms with van der Waals surface area (Å²) >= 11 is 0. The summed E-state index contributed by atoms with van der Waals surface area (Å²) in [5, 5.41) is 9.60. The molecule has 1 atom stereocenters. The van der Waals surface area contributed by atoms with Crippen molar-refractivity contribution in [1.82, 2.24) is 0 Å². The van der Waals surface area contributed by atoms with Crippen LogP contribution in [0.15, 0.2) is 210 Å². The molecular formula is C58H41NO. The molecule has 60 heavy (non-hydrogen) atoms. The number of nitrogens with zero attached hydrogens (tertiary/aromatic N) is 1. The predicted octanol–water partition coefficient (Wildman–Crippen LogP) is 16.2. The second-order valence-corrected chi connectivity index (χ2v) is 16.2. The van der Waals surface area contributed by atoms with Crippen LogP contribution >= 0.6 is 0 Å². The van der Waals surface area contributed by atoms with Crippen molar-refractivity contribution in [3.63, 3.8) is 0 Å². The molecule has 0 N–H and O–H groups in total. The molecule has 2 aliphatic rings. The molecule has 12 rings (SSSR count). The van der Waals surface area contributed by atoms with Crippen LogP contribution in [0.3, 0.4) is 0 Å². The van der Waals surface area contributed by atoms with Crippen molar-refractivity contribution in [1.29, 1.82) is 0 Å². The topological polar surface area (TPSA) is 16.4 Å². The number of hydrogen-bond acceptors (Lipinski definition) is 2. The molecular weight excluding hydrogens is 727 g/mol. The first kappa shape index (κ1) is 34.6. The fraction of sp³-hybridized carbons (Fsp3) is 0.0690. The first-order chi connectivity index (χ1) is 29.8. The van der Waals surface area contributed by atoms with Crippen LogP contribution in [0, 0.1) is 0 Å². The summed E-state index contributed by atoms with van der Waals surface area (Å²) in [7, 11) is 0. The van der Waals surface area contributed by atoms with E-state index in [2.05, 4.69) is 211 Å². The zero-order valence-electron chi connectivity index (χ0n) is 33.2. The molecule has 1 heterocycles. The Balaban J connectivity index is 1.01. The van der Waals surface area contributed by atoms with E-state index in [0.717, 1.165) is 57.8 Å². The molecule has 2 heteroatoms. The van der Waals surface area contributed by atoms with Crippen molar-refractivity contribution in [2.45, 2.75) is 25.2 Å². The molecule has 9 aromatic carbocycles. The fourth-order valence-corrected chi connectivity index (χ4v) is 9.99. The van der Waals surface area contributed by atoms with E-state index in [4.69, 9.17) is 4.42 Å². The van der Waals surface area contributed by atoms with Gasteiger partial charge in [0.1, 0.15) is 11.2 Å². The SMILES string of the molecule is C1=CC(c2cccc3c2oc2c4ccccc4ccc32)=C(N(c2ccc(-c3ccc(C4CC=Cc5ccccc54)cc3)cc2)c2cccc3c2ccc2ccccc23)CC1. The van der Waals surface area contributed by atoms with Crippen LogP contribution in [0.2, 0.25) is 0 Å². The number of allylic oxidation sites excluding steroid dienone is 5. The van der Waals surface area contributed by atoms with Crippen LogP contribution in [0.5, 0.6) is 0 Å². The second kappa shape index (κ2) is 14.1. The average Bonchev–Trinajstić information content (AvgIpc) is 3.72. The highest BCUT2D eigenvalue weighted by molar-refractivity contribution is 6.17. The fourth-order valence-electron chi connectivity index (χ4n) is 9.99. The molecule has 0 bridgehead atoms. The van der Waals surface area contributed by atoms with Gasteiger partial charge in [-0.2, -0.15) is 0 Å². The van der Waals surface area contributed by atoms with Crippen LogP contribution in [0.4, 0.5) is 11.4 Å². The van der Waals surface area contributed by atoms with Crippen molar-refractivity contribution >= 4 is 77.3 Å². The molecule has 0 amide bonds. The third kappa shape index (κ3) is 5.63. The van der Waals surface area contributed by atoms with Crippen LogP contribution in [-0.4, -0.2) is 0 Å². The summed E-state index contributed by atoms with van der Waals surface area (Å²) in [5.74, 6) is 0.380. The number of para-hydroxylation sites is 1. The Labute approximate surface area is 349 Å². The third-order valence-electron chi connectivity index (χ3n) is 12.9. The minimum atomic E-state index is 0.380. The Kier molecular flexibility index (Phi) is 8.16. The first-order valence-corrected chi connectivity index (χ1v) is 21.2. The lowest BCUT2D eigenvalue weighted by molar-refractivity contribution is 0.671. The Morgan fingerprint density at radius 1 is 0.467 bits per heavy atom. The van der Waals surface area contributed by atoms with Crippen LogP contribution in [-0.2, 0) is 0 Å². The van der Waals surface area contributed by atoms with Crippen molar-refractivity contribution in [2.24, 2.45) is 0 Å². The van der Waals surface area contributed by atoms with Gasteiger partial charge in [-0.25, -0.2) is 0 Å². The summed E-state index contributed by atoms with van der Waals surface area (Å²) in [6.45, 7) is 0. The highest BCUT2D eigenvalue weighted by Crippen LogP contribution is 2.45. The lowest BCUT2D eigenvalue weighted by Gasteiger charge is -2.32. The minimum absolute atomic E-state index is 0.380. The molecule has 2 aliphatic carbocycles. The smallest absolute Gasteiger partial charge is 0.143 e. The Morgan fingerprint density at radius 3 is 1.98 bits per heavy atom. The Hall–Kier alpha value is -7.42. The zero-order chi connectivity index (χ0) is 39.6. The number of hydrogen-bond donors (Lipinski definition) is 0. The summed E-state index contributed by atoms with van der Waals surface area (Å²) in [5.41, 5.74) is 14.3. The predicted molar refractivity (Wildman–Crippen MR) is 254 cm³/mol. The van der Waals surface area contributed by atoms with E-state index >= 15 is 0 Å². The molecule has 0 spiro atoms. The monoisotopic (exact) mass is 767 g/mol. The lowest BCUT2D eigenvalue weighted by Crippen LogP contribution is -2.19. The quantitative estimate of drug-likeness (QED) is 0.157. The second-order valence-electron chi connectivity index (χ2n) is 16.2. The maximum Gasteiger partial charge on any atom is 0.143 e. The van der Waals surface area contributed by atoms with Gasteiger partial charge in [-0.05, 0) is 92.9 Å². The number of rotatable bonds is 6. The van der Waals surface area contributed by atoms with Crippen LogP contribution in [0.1, 0.15) is 47.4 Å². The van der Waals surface area contributed by atoms with Gasteiger partial charge in [0.05, 0.1) is 5.69 Å². The first-order valence-electron chi connectivity index (χ1n) is 21.2. The van der Waals surface area contributed by atoms with Crippen molar-refractivity contribution in [2.75, 3.05) is 4.90 Å². The molecule has 0 radical (unpaired) electrons. The van der Waals surface area contributed by atoms with Gasteiger partial charge in [0, 0.05) is 50.0 Å². The highest BCUT2D eigenvalue weighted by Gasteiger charge is 2.25. The van der Waals surface area contributed by atoms with E-state index < -0.39 is 0 Å². The summed E-state index contributed by atoms with van der Waals surface area (Å²) in [6.07, 6.45) is 12.1. The molecule has 0 aliphatic heterocycles. The van der Waals surface area contributed by atoms with Crippen molar-refractivity contribution < 1.29 is 4.42 Å². The van der Waals surface area contributed by atoms with Crippen molar-refractivity contribution in [3.8, 4) is 11.1 Å². The number of benzene rings is 9. The van der Waals surface area contributed by atoms with E-state index in [1.54, 1.807) is 0 Å². The summed E-state index contributed by atoms with van der Waals surface area (Å²) < 4.78 is 6.95. The van der Waals surface area contributed by atoms with Gasteiger partial charge in [-0.3, -0.25) is 0 Å². The molecule has 0 saturated carbocycles. The maximum absolute atomic E-state index is 6.95. The lowest BCUT2D eigenvalue weighted by atomic mass is 9.82. The van der Waals surface area contributed by atoms with E-state index in [-0.39, 0.29) is 0 Å². The molecule has 0 saturated heterocycles. The van der Waals surface area contributed by atoms with E-state index in [1.165, 1.54) is 71.7 Å². The zero-order valence-corrected chi connectivity index (χ0v) is 33.2. The molecule has 1 unspecified atom stereocenters. The Morgan fingerprint density at radius 2 is 1.13 bits per heavy atom. The minimum Gasteiger partial charge on any atom is -0.455 e. The number of anilines is 2. The number of furan rings is 1. The molecule has 1 aromatic heterocycles. The summed E-state index contributed by atoms with van der Waals surface area (Å²) in [4.78, 5) is 2.52. The maximum atomic E-state index is 6.95. The van der Waals surface area contributed by atoms with Gasteiger partial charge < -0.3 is 9.32 Å². The van der Waals surface area contributed by atoms with Crippen molar-refractivity contribution in [3.05, 3.63) is 228 Å². The third-order valence-corrected chi connectivity index (χ3v) is 12.9. The standard InChI is InChI=1S/C58H41NO/c1-4-16-45-40(12-1)15-9-20-46(45)43-28-26-38(27-29-43)39-30-34-44(35-31-39)59(56-25-11-21-49-47-17-5-2-13-41(47)32-36-51(49)56)55-24-8-7-19-50(55)52-22-10-23-53-54-37-33-42-14-3-6-18-48(42)57(54)60-58(52)53/h1-7,9-19,21-23,25-37,46H,8,20,24H2. The van der Waals surface area contributed by atoms with Gasteiger partial charge in [0.2, 0.25) is 0 Å².